The van der Waals surface area contributed by atoms with Crippen molar-refractivity contribution in [3.05, 3.63) is 18.0 Å². The standard InChI is InChI=1S/C20H32N4O.ClH/c25-20(19-10-13-24(22-19)18-8-4-11-21-15-18)23-12-5-9-17(23)14-16-6-2-1-3-7-16;/h10,13,16-18,21H,1-9,11-12,14-15H2;1H. The van der Waals surface area contributed by atoms with E-state index in [0.717, 1.165) is 38.4 Å². The fourth-order valence-corrected chi connectivity index (χ4v) is 5.02. The summed E-state index contributed by atoms with van der Waals surface area (Å²) in [6.45, 7) is 2.97. The second-order valence-electron chi connectivity index (χ2n) is 8.22. The molecule has 2 atom stereocenters. The smallest absolute Gasteiger partial charge is 0.274 e. The summed E-state index contributed by atoms with van der Waals surface area (Å²) >= 11 is 0. The molecule has 2 unspecified atom stereocenters. The number of hydrogen-bond acceptors (Lipinski definition) is 3. The van der Waals surface area contributed by atoms with Gasteiger partial charge in [-0.15, -0.1) is 12.4 Å². The Kier molecular flexibility index (Phi) is 6.98. The second-order valence-corrected chi connectivity index (χ2v) is 8.22. The van der Waals surface area contributed by atoms with E-state index >= 15 is 0 Å². The van der Waals surface area contributed by atoms with Gasteiger partial charge < -0.3 is 10.2 Å². The van der Waals surface area contributed by atoms with E-state index in [4.69, 9.17) is 0 Å². The van der Waals surface area contributed by atoms with Crippen molar-refractivity contribution in [1.82, 2.24) is 20.0 Å². The number of hydrogen-bond donors (Lipinski definition) is 1. The number of nitrogens with one attached hydrogen (secondary N) is 1. The highest BCUT2D eigenvalue weighted by Gasteiger charge is 2.32. The first-order chi connectivity index (χ1) is 12.3. The summed E-state index contributed by atoms with van der Waals surface area (Å²) in [7, 11) is 0. The summed E-state index contributed by atoms with van der Waals surface area (Å²) in [5.74, 6) is 0.985. The van der Waals surface area contributed by atoms with Crippen LogP contribution >= 0.6 is 12.4 Å². The Bertz CT molecular complexity index is 578. The highest BCUT2D eigenvalue weighted by Crippen LogP contribution is 2.32. The summed E-state index contributed by atoms with van der Waals surface area (Å²) in [4.78, 5) is 15.2. The lowest BCUT2D eigenvalue weighted by molar-refractivity contribution is 0.0704. The molecule has 0 aromatic carbocycles. The highest BCUT2D eigenvalue weighted by atomic mass is 35.5. The third kappa shape index (κ3) is 4.42. The molecule has 1 amide bonds. The molecule has 0 radical (unpaired) electrons. The van der Waals surface area contributed by atoms with Gasteiger partial charge in [0.25, 0.3) is 5.91 Å². The maximum absolute atomic E-state index is 13.0. The number of aromatic nitrogens is 2. The van der Waals surface area contributed by atoms with Gasteiger partial charge in [0.2, 0.25) is 0 Å². The molecule has 1 saturated carbocycles. The third-order valence-corrected chi connectivity index (χ3v) is 6.44. The van der Waals surface area contributed by atoms with E-state index in [-0.39, 0.29) is 18.3 Å². The van der Waals surface area contributed by atoms with Gasteiger partial charge in [-0.05, 0) is 50.6 Å². The molecule has 6 heteroatoms. The minimum Gasteiger partial charge on any atom is -0.334 e. The second kappa shape index (κ2) is 9.23. The van der Waals surface area contributed by atoms with Crippen LogP contribution in [0.2, 0.25) is 0 Å². The first-order valence-corrected chi connectivity index (χ1v) is 10.4. The number of nitrogens with zero attached hydrogens (tertiary/aromatic N) is 3. The zero-order valence-corrected chi connectivity index (χ0v) is 16.6. The van der Waals surface area contributed by atoms with Crippen LogP contribution < -0.4 is 5.32 Å². The van der Waals surface area contributed by atoms with Crippen LogP contribution in [0, 0.1) is 5.92 Å². The van der Waals surface area contributed by atoms with Crippen molar-refractivity contribution >= 4 is 18.3 Å². The monoisotopic (exact) mass is 380 g/mol. The lowest BCUT2D eigenvalue weighted by Gasteiger charge is -2.30. The Morgan fingerprint density at radius 2 is 1.96 bits per heavy atom. The average molecular weight is 381 g/mol. The Hall–Kier alpha value is -1.07. The van der Waals surface area contributed by atoms with Crippen molar-refractivity contribution in [3.8, 4) is 0 Å². The molecule has 5 nitrogen and oxygen atoms in total. The number of carbonyl (C=O) groups is 1. The van der Waals surface area contributed by atoms with E-state index in [2.05, 4.69) is 15.3 Å². The molecule has 3 aliphatic rings. The molecule has 1 aliphatic carbocycles. The van der Waals surface area contributed by atoms with Crippen molar-refractivity contribution in [2.45, 2.75) is 76.3 Å². The summed E-state index contributed by atoms with van der Waals surface area (Å²) in [5, 5.41) is 8.07. The number of rotatable bonds is 4. The predicted octanol–water partition coefficient (Wildman–Crippen LogP) is 3.80. The van der Waals surface area contributed by atoms with Gasteiger partial charge in [0.15, 0.2) is 0 Å². The van der Waals surface area contributed by atoms with Gasteiger partial charge in [-0.3, -0.25) is 9.48 Å². The number of halogens is 1. The Labute approximate surface area is 163 Å². The van der Waals surface area contributed by atoms with Crippen LogP contribution in [-0.2, 0) is 0 Å². The van der Waals surface area contributed by atoms with E-state index in [9.17, 15) is 4.79 Å². The third-order valence-electron chi connectivity index (χ3n) is 6.44. The lowest BCUT2D eigenvalue weighted by atomic mass is 9.84. The van der Waals surface area contributed by atoms with Crippen LogP contribution in [-0.4, -0.2) is 46.3 Å². The van der Waals surface area contributed by atoms with Crippen LogP contribution in [0.1, 0.15) is 80.7 Å². The molecule has 0 bridgehead atoms. The van der Waals surface area contributed by atoms with Crippen molar-refractivity contribution < 1.29 is 4.79 Å². The molecular weight excluding hydrogens is 348 g/mol. The fraction of sp³-hybridized carbons (Fsp3) is 0.800. The van der Waals surface area contributed by atoms with Crippen LogP contribution in [0.15, 0.2) is 12.3 Å². The number of amides is 1. The van der Waals surface area contributed by atoms with E-state index in [1.807, 2.05) is 16.9 Å². The SMILES string of the molecule is Cl.O=C(c1ccn(C2CCCNC2)n1)N1CCCC1CC1CCCCC1. The van der Waals surface area contributed by atoms with Crippen molar-refractivity contribution in [2.75, 3.05) is 19.6 Å². The largest absolute Gasteiger partial charge is 0.334 e. The number of carbonyl (C=O) groups excluding carboxylic acids is 1. The first kappa shape index (κ1) is 19.7. The molecule has 0 spiro atoms. The van der Waals surface area contributed by atoms with Crippen LogP contribution in [0.4, 0.5) is 0 Å². The van der Waals surface area contributed by atoms with Crippen LogP contribution in [0.25, 0.3) is 0 Å². The summed E-state index contributed by atoms with van der Waals surface area (Å²) in [6, 6.07) is 2.76. The first-order valence-electron chi connectivity index (χ1n) is 10.4. The quantitative estimate of drug-likeness (QED) is 0.864. The highest BCUT2D eigenvalue weighted by molar-refractivity contribution is 5.92. The predicted molar refractivity (Wildman–Crippen MR) is 106 cm³/mol. The van der Waals surface area contributed by atoms with Gasteiger partial charge in [-0.25, -0.2) is 0 Å². The van der Waals surface area contributed by atoms with Crippen LogP contribution in [0.3, 0.4) is 0 Å². The number of likely N-dealkylation sites (tertiary alicyclic amines) is 1. The summed E-state index contributed by atoms with van der Waals surface area (Å²) < 4.78 is 2.01. The molecule has 2 aliphatic heterocycles. The van der Waals surface area contributed by atoms with Gasteiger partial charge in [0, 0.05) is 25.3 Å². The molecule has 1 aromatic rings. The molecule has 26 heavy (non-hydrogen) atoms. The maximum Gasteiger partial charge on any atom is 0.274 e. The van der Waals surface area contributed by atoms with E-state index in [0.29, 0.717) is 17.8 Å². The normalized spacial score (nSPS) is 27.3. The zero-order valence-electron chi connectivity index (χ0n) is 15.7. The Morgan fingerprint density at radius 3 is 2.73 bits per heavy atom. The topological polar surface area (TPSA) is 50.2 Å². The molecular formula is C20H33ClN4O. The summed E-state index contributed by atoms with van der Waals surface area (Å²) in [5.41, 5.74) is 0.640. The number of piperidine rings is 1. The Morgan fingerprint density at radius 1 is 1.12 bits per heavy atom. The molecule has 1 N–H and O–H groups in total. The van der Waals surface area contributed by atoms with Crippen molar-refractivity contribution in [2.24, 2.45) is 5.92 Å². The van der Waals surface area contributed by atoms with Gasteiger partial charge in [-0.1, -0.05) is 32.1 Å². The molecule has 4 rings (SSSR count). The molecule has 3 fully saturated rings. The van der Waals surface area contributed by atoms with Crippen LogP contribution in [0.5, 0.6) is 0 Å². The minimum absolute atomic E-state index is 0. The maximum atomic E-state index is 13.0. The van der Waals surface area contributed by atoms with Crippen molar-refractivity contribution in [3.63, 3.8) is 0 Å². The Balaban J connectivity index is 0.00000196. The lowest BCUT2D eigenvalue weighted by Crippen LogP contribution is -2.37. The minimum atomic E-state index is 0. The van der Waals surface area contributed by atoms with E-state index in [1.54, 1.807) is 0 Å². The van der Waals surface area contributed by atoms with E-state index in [1.165, 1.54) is 51.4 Å². The van der Waals surface area contributed by atoms with E-state index < -0.39 is 0 Å². The van der Waals surface area contributed by atoms with Gasteiger partial charge >= 0.3 is 0 Å². The molecule has 3 heterocycles. The zero-order chi connectivity index (χ0) is 17.1. The van der Waals surface area contributed by atoms with Crippen molar-refractivity contribution in [1.29, 1.82) is 0 Å². The molecule has 146 valence electrons. The van der Waals surface area contributed by atoms with Gasteiger partial charge in [0.05, 0.1) is 6.04 Å². The fourth-order valence-electron chi connectivity index (χ4n) is 5.02. The van der Waals surface area contributed by atoms with Gasteiger partial charge in [0.1, 0.15) is 5.69 Å². The molecule has 2 saturated heterocycles. The van der Waals surface area contributed by atoms with Gasteiger partial charge in [-0.2, -0.15) is 5.10 Å². The molecule has 1 aromatic heterocycles. The average Bonchev–Trinajstić information content (AvgIpc) is 3.32. The summed E-state index contributed by atoms with van der Waals surface area (Å²) in [6.07, 6.45) is 14.7.